The average Bonchev–Trinajstić information content (AvgIpc) is 1.60. The van der Waals surface area contributed by atoms with Crippen molar-refractivity contribution in [3.05, 3.63) is 0 Å². The molecule has 1 unspecified atom stereocenters. The van der Waals surface area contributed by atoms with Crippen molar-refractivity contribution in [1.82, 2.24) is 0 Å². The lowest BCUT2D eigenvalue weighted by atomic mass is 10.6. The molecule has 0 nitrogen and oxygen atoms in total. The second-order valence-electron chi connectivity index (χ2n) is 4.62. The highest BCUT2D eigenvalue weighted by Gasteiger charge is 2.27. The van der Waals surface area contributed by atoms with E-state index < -0.39 is 8.07 Å². The molecule has 0 aliphatic carbocycles. The van der Waals surface area contributed by atoms with Gasteiger partial charge >= 0.3 is 0 Å². The van der Waals surface area contributed by atoms with Crippen molar-refractivity contribution in [2.75, 3.05) is 0 Å². The van der Waals surface area contributed by atoms with Gasteiger partial charge < -0.3 is 0 Å². The van der Waals surface area contributed by atoms with Gasteiger partial charge in [0.2, 0.25) is 0 Å². The van der Waals surface area contributed by atoms with Crippen molar-refractivity contribution in [3.63, 3.8) is 0 Å². The number of rotatable bonds is 3. The number of hydrogen-bond acceptors (Lipinski definition) is 0. The standard InChI is InChI=1S/C8H22Si2/c1-7-8(9(2)3)10(4,5)6/h8-9H,7H2,1-6H3. The summed E-state index contributed by atoms with van der Waals surface area (Å²) >= 11 is 0. The Morgan fingerprint density at radius 3 is 1.60 bits per heavy atom. The zero-order valence-corrected chi connectivity index (χ0v) is 10.5. The van der Waals surface area contributed by atoms with E-state index >= 15 is 0 Å². The van der Waals surface area contributed by atoms with E-state index in [1.807, 2.05) is 0 Å². The van der Waals surface area contributed by atoms with Crippen molar-refractivity contribution in [2.45, 2.75) is 51.2 Å². The first-order valence-corrected chi connectivity index (χ1v) is 10.9. The molecule has 0 aliphatic rings. The van der Waals surface area contributed by atoms with E-state index in [2.05, 4.69) is 39.7 Å². The van der Waals surface area contributed by atoms with Crippen LogP contribution in [0.4, 0.5) is 0 Å². The molecule has 62 valence electrons. The minimum Gasteiger partial charge on any atom is -0.0722 e. The van der Waals surface area contributed by atoms with Crippen LogP contribution in [-0.4, -0.2) is 16.9 Å². The van der Waals surface area contributed by atoms with Crippen LogP contribution in [0.3, 0.4) is 0 Å². The van der Waals surface area contributed by atoms with Crippen LogP contribution in [0.2, 0.25) is 37.9 Å². The third kappa shape index (κ3) is 3.01. The lowest BCUT2D eigenvalue weighted by Gasteiger charge is -2.30. The third-order valence-electron chi connectivity index (χ3n) is 2.36. The van der Waals surface area contributed by atoms with Gasteiger partial charge in [0.25, 0.3) is 0 Å². The smallest absolute Gasteiger partial charge is 0.0444 e. The summed E-state index contributed by atoms with van der Waals surface area (Å²) in [6.07, 6.45) is 1.43. The fraction of sp³-hybridized carbons (Fsp3) is 1.00. The zero-order valence-electron chi connectivity index (χ0n) is 8.36. The molecule has 0 N–H and O–H groups in total. The molecule has 0 aromatic rings. The normalized spacial score (nSPS) is 15.9. The quantitative estimate of drug-likeness (QED) is 0.577. The second-order valence-corrected chi connectivity index (χ2v) is 14.1. The Bertz CT molecular complexity index is 91.9. The molecule has 0 rings (SSSR count). The van der Waals surface area contributed by atoms with E-state index in [0.29, 0.717) is 0 Å². The molecule has 2 heteroatoms. The molecular weight excluding hydrogens is 152 g/mol. The lowest BCUT2D eigenvalue weighted by Crippen LogP contribution is -2.35. The summed E-state index contributed by atoms with van der Waals surface area (Å²) in [7, 11) is -1.14. The minimum atomic E-state index is -0.788. The van der Waals surface area contributed by atoms with Crippen LogP contribution in [0.1, 0.15) is 13.3 Å². The van der Waals surface area contributed by atoms with Crippen LogP contribution in [0.5, 0.6) is 0 Å². The van der Waals surface area contributed by atoms with Gasteiger partial charge in [-0.3, -0.25) is 0 Å². The van der Waals surface area contributed by atoms with Crippen molar-refractivity contribution in [2.24, 2.45) is 0 Å². The largest absolute Gasteiger partial charge is 0.0722 e. The molecule has 0 amide bonds. The monoisotopic (exact) mass is 174 g/mol. The highest BCUT2D eigenvalue weighted by atomic mass is 28.4. The summed E-state index contributed by atoms with van der Waals surface area (Å²) in [4.78, 5) is 0. The number of hydrogen-bond donors (Lipinski definition) is 0. The van der Waals surface area contributed by atoms with Crippen molar-refractivity contribution >= 4 is 16.9 Å². The maximum Gasteiger partial charge on any atom is 0.0444 e. The maximum absolute atomic E-state index is 2.51. The average molecular weight is 174 g/mol. The predicted octanol–water partition coefficient (Wildman–Crippen LogP) is 3.13. The van der Waals surface area contributed by atoms with E-state index in [4.69, 9.17) is 0 Å². The molecule has 0 aromatic heterocycles. The summed E-state index contributed by atoms with van der Waals surface area (Å²) in [6.45, 7) is 14.9. The Morgan fingerprint density at radius 2 is 1.60 bits per heavy atom. The summed E-state index contributed by atoms with van der Waals surface area (Å²) in [6, 6.07) is 0. The van der Waals surface area contributed by atoms with E-state index in [-0.39, 0.29) is 8.80 Å². The summed E-state index contributed by atoms with van der Waals surface area (Å²) in [5.74, 6) is 0. The van der Waals surface area contributed by atoms with Gasteiger partial charge in [-0.25, -0.2) is 0 Å². The molecule has 0 saturated carbocycles. The van der Waals surface area contributed by atoms with Crippen molar-refractivity contribution < 1.29 is 0 Å². The van der Waals surface area contributed by atoms with Crippen molar-refractivity contribution in [1.29, 1.82) is 0 Å². The Hall–Kier alpha value is 0.434. The highest BCUT2D eigenvalue weighted by Crippen LogP contribution is 2.27. The maximum atomic E-state index is 2.51. The first-order valence-electron chi connectivity index (χ1n) is 4.39. The van der Waals surface area contributed by atoms with Crippen LogP contribution < -0.4 is 0 Å². The van der Waals surface area contributed by atoms with Gasteiger partial charge in [-0.1, -0.05) is 51.2 Å². The Kier molecular flexibility index (Phi) is 3.88. The van der Waals surface area contributed by atoms with Crippen LogP contribution in [-0.2, 0) is 0 Å². The fourth-order valence-electron chi connectivity index (χ4n) is 2.08. The molecule has 1 atom stereocenters. The van der Waals surface area contributed by atoms with Crippen LogP contribution in [0.15, 0.2) is 0 Å². The Morgan fingerprint density at radius 1 is 1.20 bits per heavy atom. The first kappa shape index (κ1) is 10.4. The molecule has 0 heterocycles. The summed E-state index contributed by atoms with van der Waals surface area (Å²) < 4.78 is 0. The van der Waals surface area contributed by atoms with Crippen LogP contribution >= 0.6 is 0 Å². The van der Waals surface area contributed by atoms with Gasteiger partial charge in [-0.2, -0.15) is 0 Å². The van der Waals surface area contributed by atoms with Gasteiger partial charge in [-0.15, -0.1) is 0 Å². The molecule has 0 spiro atoms. The first-order chi connectivity index (χ1) is 4.39. The van der Waals surface area contributed by atoms with Gasteiger partial charge in [0.15, 0.2) is 0 Å². The van der Waals surface area contributed by atoms with Gasteiger partial charge in [0.05, 0.1) is 0 Å². The molecule has 0 saturated heterocycles. The highest BCUT2D eigenvalue weighted by molar-refractivity contribution is 6.89. The predicted molar refractivity (Wildman–Crippen MR) is 56.3 cm³/mol. The van der Waals surface area contributed by atoms with E-state index in [1.54, 1.807) is 0 Å². The SMILES string of the molecule is CCC([SiH](C)C)[Si](C)(C)C. The Balaban J connectivity index is 4.07. The summed E-state index contributed by atoms with van der Waals surface area (Å²) in [5, 5.41) is 1.15. The third-order valence-corrected chi connectivity index (χ3v) is 12.1. The second kappa shape index (κ2) is 3.72. The van der Waals surface area contributed by atoms with Gasteiger partial charge in [0.1, 0.15) is 0 Å². The topological polar surface area (TPSA) is 0 Å². The zero-order chi connectivity index (χ0) is 8.36. The summed E-state index contributed by atoms with van der Waals surface area (Å²) in [5.41, 5.74) is 0. The molecule has 0 bridgehead atoms. The minimum absolute atomic E-state index is 0.349. The fourth-order valence-corrected chi connectivity index (χ4v) is 12.3. The molecular formula is C8H22Si2. The molecule has 0 aliphatic heterocycles. The molecule has 0 aromatic carbocycles. The van der Waals surface area contributed by atoms with E-state index in [9.17, 15) is 0 Å². The lowest BCUT2D eigenvalue weighted by molar-refractivity contribution is 0.966. The van der Waals surface area contributed by atoms with Crippen LogP contribution in [0.25, 0.3) is 0 Å². The molecule has 0 fully saturated rings. The van der Waals surface area contributed by atoms with Crippen molar-refractivity contribution in [3.8, 4) is 0 Å². The van der Waals surface area contributed by atoms with E-state index in [0.717, 1.165) is 5.16 Å². The van der Waals surface area contributed by atoms with E-state index in [1.165, 1.54) is 6.42 Å². The van der Waals surface area contributed by atoms with Crippen LogP contribution in [0, 0.1) is 0 Å². The van der Waals surface area contributed by atoms with Gasteiger partial charge in [-0.05, 0) is 0 Å². The van der Waals surface area contributed by atoms with Gasteiger partial charge in [0, 0.05) is 16.9 Å². The molecule has 0 radical (unpaired) electrons. The molecule has 10 heavy (non-hydrogen) atoms. The Labute approximate surface area is 68.7 Å².